The Bertz CT molecular complexity index is 1180. The van der Waals surface area contributed by atoms with Crippen LogP contribution in [0.2, 0.25) is 5.02 Å². The molecule has 0 atom stereocenters. The number of rotatable bonds is 7. The second kappa shape index (κ2) is 10.4. The lowest BCUT2D eigenvalue weighted by Crippen LogP contribution is -2.40. The maximum atomic E-state index is 6.23. The molecule has 2 aliphatic rings. The van der Waals surface area contributed by atoms with E-state index >= 15 is 0 Å². The topological polar surface area (TPSA) is 48.1 Å². The second-order valence-corrected chi connectivity index (χ2v) is 10.6. The molecule has 2 N–H and O–H groups in total. The van der Waals surface area contributed by atoms with Crippen molar-refractivity contribution >= 4 is 11.6 Å². The number of pyridine rings is 1. The SMILES string of the molecule is NCC1(C2(CCOc3ccc(C#Cc4ccc(-c5ccc(Cl)cc5)cn4)cc3)CCCCC2)CC1. The first-order chi connectivity index (χ1) is 17.1. The number of hydrogen-bond donors (Lipinski definition) is 1. The highest BCUT2D eigenvalue weighted by atomic mass is 35.5. The van der Waals surface area contributed by atoms with Gasteiger partial charge < -0.3 is 10.5 Å². The average molecular weight is 485 g/mol. The van der Waals surface area contributed by atoms with Crippen molar-refractivity contribution in [3.63, 3.8) is 0 Å². The molecule has 0 aliphatic heterocycles. The quantitative estimate of drug-likeness (QED) is 0.359. The zero-order valence-electron chi connectivity index (χ0n) is 20.2. The fraction of sp³-hybridized carbons (Fsp3) is 0.387. The molecule has 4 heteroatoms. The molecule has 1 aromatic heterocycles. The number of nitrogens with zero attached hydrogens (tertiary/aromatic N) is 1. The Balaban J connectivity index is 1.17. The zero-order chi connectivity index (χ0) is 24.1. The van der Waals surface area contributed by atoms with Crippen molar-refractivity contribution in [3.8, 4) is 28.7 Å². The summed E-state index contributed by atoms with van der Waals surface area (Å²) >= 11 is 5.97. The highest BCUT2D eigenvalue weighted by Crippen LogP contribution is 2.64. The molecule has 180 valence electrons. The van der Waals surface area contributed by atoms with Gasteiger partial charge in [0.1, 0.15) is 11.4 Å². The van der Waals surface area contributed by atoms with Crippen LogP contribution in [0.4, 0.5) is 0 Å². The van der Waals surface area contributed by atoms with Crippen molar-refractivity contribution < 1.29 is 4.74 Å². The van der Waals surface area contributed by atoms with Gasteiger partial charge in [0.2, 0.25) is 0 Å². The van der Waals surface area contributed by atoms with E-state index in [0.717, 1.165) is 52.7 Å². The van der Waals surface area contributed by atoms with Crippen LogP contribution in [0.25, 0.3) is 11.1 Å². The molecule has 2 aliphatic carbocycles. The smallest absolute Gasteiger partial charge is 0.119 e. The maximum absolute atomic E-state index is 6.23. The molecule has 2 saturated carbocycles. The van der Waals surface area contributed by atoms with Gasteiger partial charge in [0, 0.05) is 22.3 Å². The van der Waals surface area contributed by atoms with Gasteiger partial charge in [-0.2, -0.15) is 0 Å². The molecule has 35 heavy (non-hydrogen) atoms. The molecule has 0 bridgehead atoms. The van der Waals surface area contributed by atoms with Crippen molar-refractivity contribution in [1.82, 2.24) is 4.98 Å². The minimum absolute atomic E-state index is 0.386. The Morgan fingerprint density at radius 2 is 1.51 bits per heavy atom. The Morgan fingerprint density at radius 3 is 2.14 bits per heavy atom. The van der Waals surface area contributed by atoms with E-state index in [2.05, 4.69) is 16.8 Å². The lowest BCUT2D eigenvalue weighted by Gasteiger charge is -2.44. The lowest BCUT2D eigenvalue weighted by atomic mass is 9.62. The van der Waals surface area contributed by atoms with E-state index < -0.39 is 0 Å². The number of ether oxygens (including phenoxy) is 1. The number of aromatic nitrogens is 1. The molecule has 0 saturated heterocycles. The molecule has 2 aromatic carbocycles. The van der Waals surface area contributed by atoms with Gasteiger partial charge >= 0.3 is 0 Å². The molecule has 3 aromatic rings. The van der Waals surface area contributed by atoms with Crippen LogP contribution in [0.3, 0.4) is 0 Å². The maximum Gasteiger partial charge on any atom is 0.119 e. The first kappa shape index (κ1) is 23.9. The summed E-state index contributed by atoms with van der Waals surface area (Å²) in [7, 11) is 0. The highest BCUT2D eigenvalue weighted by molar-refractivity contribution is 6.30. The van der Waals surface area contributed by atoms with Crippen molar-refractivity contribution in [1.29, 1.82) is 0 Å². The molecule has 3 nitrogen and oxygen atoms in total. The highest BCUT2D eigenvalue weighted by Gasteiger charge is 2.57. The van der Waals surface area contributed by atoms with Crippen LogP contribution in [-0.2, 0) is 0 Å². The van der Waals surface area contributed by atoms with Gasteiger partial charge in [0.05, 0.1) is 6.61 Å². The third-order valence-corrected chi connectivity index (χ3v) is 8.41. The van der Waals surface area contributed by atoms with E-state index in [-0.39, 0.29) is 0 Å². The van der Waals surface area contributed by atoms with Gasteiger partial charge in [-0.3, -0.25) is 0 Å². The van der Waals surface area contributed by atoms with Crippen LogP contribution in [-0.4, -0.2) is 18.1 Å². The number of benzene rings is 2. The van der Waals surface area contributed by atoms with Crippen molar-refractivity contribution in [3.05, 3.63) is 83.1 Å². The van der Waals surface area contributed by atoms with Gasteiger partial charge in [-0.25, -0.2) is 4.98 Å². The van der Waals surface area contributed by atoms with Crippen LogP contribution >= 0.6 is 11.6 Å². The van der Waals surface area contributed by atoms with E-state index in [0.29, 0.717) is 10.8 Å². The van der Waals surface area contributed by atoms with Gasteiger partial charge in [-0.15, -0.1) is 0 Å². The van der Waals surface area contributed by atoms with Crippen LogP contribution in [0.5, 0.6) is 5.75 Å². The fourth-order valence-corrected chi connectivity index (χ4v) is 5.92. The Labute approximate surface area is 214 Å². The summed E-state index contributed by atoms with van der Waals surface area (Å²) in [5.74, 6) is 7.27. The third-order valence-electron chi connectivity index (χ3n) is 8.16. The standard InChI is InChI=1S/C31H33ClN2O/c32-27-10-7-25(8-11-27)26-9-13-28(34-22-26)12-4-24-5-14-29(15-6-24)35-21-20-30(16-2-1-3-17-30)31(23-33)18-19-31/h5-11,13-15,22H,1-3,16-21,23,33H2. The summed E-state index contributed by atoms with van der Waals surface area (Å²) < 4.78 is 6.17. The van der Waals surface area contributed by atoms with Crippen molar-refractivity contribution in [2.24, 2.45) is 16.6 Å². The van der Waals surface area contributed by atoms with Crippen molar-refractivity contribution in [2.45, 2.75) is 51.4 Å². The minimum Gasteiger partial charge on any atom is -0.494 e. The molecular weight excluding hydrogens is 452 g/mol. The van der Waals surface area contributed by atoms with E-state index in [4.69, 9.17) is 22.1 Å². The summed E-state index contributed by atoms with van der Waals surface area (Å²) in [5, 5.41) is 0.729. The molecular formula is C31H33ClN2O. The average Bonchev–Trinajstić information content (AvgIpc) is 3.72. The molecule has 1 heterocycles. The lowest BCUT2D eigenvalue weighted by molar-refractivity contribution is 0.0523. The fourth-order valence-electron chi connectivity index (χ4n) is 5.79. The van der Waals surface area contributed by atoms with Gasteiger partial charge in [-0.05, 0) is 103 Å². The second-order valence-electron chi connectivity index (χ2n) is 10.1. The van der Waals surface area contributed by atoms with Crippen LogP contribution in [0.1, 0.15) is 62.6 Å². The first-order valence-corrected chi connectivity index (χ1v) is 13.2. The largest absolute Gasteiger partial charge is 0.494 e. The predicted octanol–water partition coefficient (Wildman–Crippen LogP) is 7.26. The van der Waals surface area contributed by atoms with E-state index in [9.17, 15) is 0 Å². The third kappa shape index (κ3) is 5.40. The van der Waals surface area contributed by atoms with Gasteiger partial charge in [0.25, 0.3) is 0 Å². The van der Waals surface area contributed by atoms with E-state index in [1.807, 2.05) is 66.9 Å². The van der Waals surface area contributed by atoms with Crippen LogP contribution < -0.4 is 10.5 Å². The monoisotopic (exact) mass is 484 g/mol. The summed E-state index contributed by atoms with van der Waals surface area (Å²) in [6.45, 7) is 1.59. The predicted molar refractivity (Wildman–Crippen MR) is 143 cm³/mol. The van der Waals surface area contributed by atoms with Crippen molar-refractivity contribution in [2.75, 3.05) is 13.2 Å². The molecule has 0 amide bonds. The van der Waals surface area contributed by atoms with E-state index in [1.165, 1.54) is 44.9 Å². The zero-order valence-corrected chi connectivity index (χ0v) is 21.0. The summed E-state index contributed by atoms with van der Waals surface area (Å²) in [5.41, 5.74) is 10.8. The van der Waals surface area contributed by atoms with Gasteiger partial charge in [0.15, 0.2) is 0 Å². The molecule has 2 fully saturated rings. The van der Waals surface area contributed by atoms with E-state index in [1.54, 1.807) is 0 Å². The molecule has 0 radical (unpaired) electrons. The number of hydrogen-bond acceptors (Lipinski definition) is 3. The number of nitrogens with two attached hydrogens (primary N) is 1. The Kier molecular flexibility index (Phi) is 7.14. The van der Waals surface area contributed by atoms with Crippen LogP contribution in [0, 0.1) is 22.7 Å². The Morgan fingerprint density at radius 1 is 0.800 bits per heavy atom. The normalized spacial score (nSPS) is 17.8. The number of halogens is 1. The summed E-state index contributed by atoms with van der Waals surface area (Å²) in [6, 6.07) is 19.8. The van der Waals surface area contributed by atoms with Gasteiger partial charge in [-0.1, -0.05) is 55.0 Å². The molecule has 0 spiro atoms. The van der Waals surface area contributed by atoms with Crippen LogP contribution in [0.15, 0.2) is 66.9 Å². The summed E-state index contributed by atoms with van der Waals surface area (Å²) in [4.78, 5) is 4.49. The Hall–Kier alpha value is -2.80. The summed E-state index contributed by atoms with van der Waals surface area (Å²) in [6.07, 6.45) is 12.2. The first-order valence-electron chi connectivity index (χ1n) is 12.8. The molecule has 0 unspecified atom stereocenters. The minimum atomic E-state index is 0.386. The molecule has 5 rings (SSSR count).